The smallest absolute Gasteiger partial charge is 0.178 e. The number of fused-ring (bicyclic) bond motifs is 6. The second-order valence-corrected chi connectivity index (χ2v) is 13.6. The molecule has 0 radical (unpaired) electrons. The van der Waals surface area contributed by atoms with E-state index < -0.39 is 0 Å². The number of rotatable bonds is 4. The van der Waals surface area contributed by atoms with Gasteiger partial charge in [-0.2, -0.15) is 0 Å². The standard InChI is InChI=1S/C28H22O2.C13H13N.C7H9N/c1-17-11-13-18(14-12-17)19-8-6-10-23-26(19)29-24-16-15-22-25(27(24)30-23)20-7-4-5-9-21(20)28(22,2)3;14-10-11-5-4-8-13(9-11)12-6-2-1-3-7-12;8-6-7-4-2-1-3-5-7/h4-16H,1-3H3;1-9H,10,14H2;1-5H,6,8H2. The van der Waals surface area contributed by atoms with Crippen LogP contribution in [0.5, 0.6) is 23.0 Å². The van der Waals surface area contributed by atoms with Gasteiger partial charge in [-0.05, 0) is 69.6 Å². The molecule has 0 saturated heterocycles. The van der Waals surface area contributed by atoms with Crippen LogP contribution < -0.4 is 20.9 Å². The van der Waals surface area contributed by atoms with Gasteiger partial charge in [0.25, 0.3) is 0 Å². The molecule has 4 nitrogen and oxygen atoms in total. The Kier molecular flexibility index (Phi) is 10.0. The number of aryl methyl sites for hydroxylation is 1. The Balaban J connectivity index is 0.000000157. The summed E-state index contributed by atoms with van der Waals surface area (Å²) < 4.78 is 13.0. The number of benzene rings is 7. The minimum absolute atomic E-state index is 0.0612. The zero-order valence-electron chi connectivity index (χ0n) is 30.0. The molecule has 0 amide bonds. The van der Waals surface area contributed by atoms with Gasteiger partial charge in [-0.25, -0.2) is 0 Å². The molecule has 0 fully saturated rings. The molecule has 7 aromatic carbocycles. The highest BCUT2D eigenvalue weighted by Gasteiger charge is 2.39. The van der Waals surface area contributed by atoms with E-state index >= 15 is 0 Å². The van der Waals surface area contributed by atoms with Crippen molar-refractivity contribution in [3.8, 4) is 56.4 Å². The number of ether oxygens (including phenoxy) is 2. The maximum absolute atomic E-state index is 6.53. The van der Waals surface area contributed by atoms with E-state index in [2.05, 4.69) is 112 Å². The number of para-hydroxylation sites is 1. The first-order valence-corrected chi connectivity index (χ1v) is 17.8. The quantitative estimate of drug-likeness (QED) is 0.194. The third-order valence-corrected chi connectivity index (χ3v) is 9.78. The van der Waals surface area contributed by atoms with Crippen molar-refractivity contribution in [1.29, 1.82) is 0 Å². The molecule has 52 heavy (non-hydrogen) atoms. The van der Waals surface area contributed by atoms with Crippen LogP contribution >= 0.6 is 0 Å². The fourth-order valence-electron chi connectivity index (χ4n) is 6.93. The lowest BCUT2D eigenvalue weighted by molar-refractivity contribution is 0.361. The molecule has 4 heteroatoms. The number of nitrogens with two attached hydrogens (primary N) is 2. The van der Waals surface area contributed by atoms with Crippen LogP contribution in [0.25, 0.3) is 33.4 Å². The molecule has 9 rings (SSSR count). The minimum atomic E-state index is -0.0612. The van der Waals surface area contributed by atoms with Crippen LogP contribution in [0.15, 0.2) is 164 Å². The Morgan fingerprint density at radius 1 is 0.462 bits per heavy atom. The highest BCUT2D eigenvalue weighted by Crippen LogP contribution is 2.59. The molecule has 0 bridgehead atoms. The third kappa shape index (κ3) is 7.00. The van der Waals surface area contributed by atoms with Crippen molar-refractivity contribution in [1.82, 2.24) is 0 Å². The van der Waals surface area contributed by atoms with E-state index in [-0.39, 0.29) is 5.41 Å². The summed E-state index contributed by atoms with van der Waals surface area (Å²) in [4.78, 5) is 0. The van der Waals surface area contributed by atoms with Gasteiger partial charge < -0.3 is 20.9 Å². The van der Waals surface area contributed by atoms with E-state index in [4.69, 9.17) is 20.9 Å². The van der Waals surface area contributed by atoms with Crippen LogP contribution in [0.4, 0.5) is 0 Å². The van der Waals surface area contributed by atoms with E-state index in [0.717, 1.165) is 39.7 Å². The molecule has 0 unspecified atom stereocenters. The molecule has 1 aliphatic heterocycles. The Morgan fingerprint density at radius 3 is 1.75 bits per heavy atom. The SMILES string of the molecule is Cc1ccc(-c2cccc3c2Oc2ccc4c(c2O3)-c2ccccc2C4(C)C)cc1.NCc1cccc(-c2ccccc2)c1.NCc1ccccc1. The zero-order valence-corrected chi connectivity index (χ0v) is 30.0. The average molecular weight is 681 g/mol. The van der Waals surface area contributed by atoms with Gasteiger partial charge in [0, 0.05) is 29.6 Å². The highest BCUT2D eigenvalue weighted by molar-refractivity contribution is 5.88. The van der Waals surface area contributed by atoms with Crippen molar-refractivity contribution in [3.63, 3.8) is 0 Å². The zero-order chi connectivity index (χ0) is 36.1. The molecule has 4 N–H and O–H groups in total. The first-order valence-electron chi connectivity index (χ1n) is 17.8. The van der Waals surface area contributed by atoms with Gasteiger partial charge in [0.15, 0.2) is 23.0 Å². The fraction of sp³-hybridized carbons (Fsp3) is 0.125. The summed E-state index contributed by atoms with van der Waals surface area (Å²) in [6.45, 7) is 7.88. The molecule has 2 aliphatic rings. The molecule has 0 atom stereocenters. The van der Waals surface area contributed by atoms with Gasteiger partial charge >= 0.3 is 0 Å². The van der Waals surface area contributed by atoms with Gasteiger partial charge in [-0.3, -0.25) is 0 Å². The van der Waals surface area contributed by atoms with Gasteiger partial charge in [-0.15, -0.1) is 0 Å². The summed E-state index contributed by atoms with van der Waals surface area (Å²) >= 11 is 0. The van der Waals surface area contributed by atoms with Crippen LogP contribution in [0.2, 0.25) is 0 Å². The molecular formula is C48H44N2O2. The van der Waals surface area contributed by atoms with Crippen molar-refractivity contribution in [3.05, 3.63) is 192 Å². The first-order chi connectivity index (χ1) is 25.4. The summed E-state index contributed by atoms with van der Waals surface area (Å²) in [5, 5.41) is 0. The molecule has 0 spiro atoms. The topological polar surface area (TPSA) is 70.5 Å². The third-order valence-electron chi connectivity index (χ3n) is 9.78. The lowest BCUT2D eigenvalue weighted by Gasteiger charge is -2.26. The maximum Gasteiger partial charge on any atom is 0.178 e. The van der Waals surface area contributed by atoms with Crippen molar-refractivity contribution in [2.45, 2.75) is 39.3 Å². The Bertz CT molecular complexity index is 2300. The van der Waals surface area contributed by atoms with Crippen molar-refractivity contribution in [2.75, 3.05) is 0 Å². The number of hydrogen-bond donors (Lipinski definition) is 2. The minimum Gasteiger partial charge on any atom is -0.449 e. The van der Waals surface area contributed by atoms with Gasteiger partial charge in [0.05, 0.1) is 0 Å². The van der Waals surface area contributed by atoms with Crippen molar-refractivity contribution in [2.24, 2.45) is 11.5 Å². The van der Waals surface area contributed by atoms with Crippen LogP contribution in [0.3, 0.4) is 0 Å². The van der Waals surface area contributed by atoms with Gasteiger partial charge in [0.2, 0.25) is 0 Å². The summed E-state index contributed by atoms with van der Waals surface area (Å²) in [6.07, 6.45) is 0. The molecular weight excluding hydrogens is 637 g/mol. The molecule has 1 aliphatic carbocycles. The van der Waals surface area contributed by atoms with E-state index in [1.54, 1.807) is 0 Å². The molecule has 7 aromatic rings. The Hall–Kier alpha value is -5.94. The van der Waals surface area contributed by atoms with Gasteiger partial charge in [-0.1, -0.05) is 165 Å². The summed E-state index contributed by atoms with van der Waals surface area (Å²) in [5.41, 5.74) is 24.1. The Morgan fingerprint density at radius 2 is 1.04 bits per heavy atom. The first kappa shape index (κ1) is 34.5. The molecule has 0 aromatic heterocycles. The predicted molar refractivity (Wildman–Crippen MR) is 215 cm³/mol. The lowest BCUT2D eigenvalue weighted by Crippen LogP contribution is -2.15. The normalized spacial score (nSPS) is 12.6. The lowest BCUT2D eigenvalue weighted by atomic mass is 9.82. The number of hydrogen-bond acceptors (Lipinski definition) is 4. The summed E-state index contributed by atoms with van der Waals surface area (Å²) in [5.74, 6) is 3.13. The molecule has 258 valence electrons. The van der Waals surface area contributed by atoms with E-state index in [1.165, 1.54) is 44.5 Å². The Labute approximate surface area is 307 Å². The average Bonchev–Trinajstić information content (AvgIpc) is 3.44. The van der Waals surface area contributed by atoms with E-state index in [1.807, 2.05) is 72.8 Å². The monoisotopic (exact) mass is 680 g/mol. The second kappa shape index (κ2) is 15.1. The van der Waals surface area contributed by atoms with Crippen LogP contribution in [-0.4, -0.2) is 0 Å². The van der Waals surface area contributed by atoms with Crippen LogP contribution in [0, 0.1) is 6.92 Å². The van der Waals surface area contributed by atoms with E-state index in [9.17, 15) is 0 Å². The van der Waals surface area contributed by atoms with Crippen molar-refractivity contribution >= 4 is 0 Å². The van der Waals surface area contributed by atoms with E-state index in [0.29, 0.717) is 13.1 Å². The highest BCUT2D eigenvalue weighted by atomic mass is 16.6. The predicted octanol–water partition coefficient (Wildman–Crippen LogP) is 11.8. The molecule has 1 heterocycles. The van der Waals surface area contributed by atoms with Crippen LogP contribution in [-0.2, 0) is 18.5 Å². The summed E-state index contributed by atoms with van der Waals surface area (Å²) in [6, 6.07) is 56.1. The maximum atomic E-state index is 6.53. The second-order valence-electron chi connectivity index (χ2n) is 13.6. The van der Waals surface area contributed by atoms with Crippen LogP contribution in [0.1, 0.15) is 41.7 Å². The summed E-state index contributed by atoms with van der Waals surface area (Å²) in [7, 11) is 0. The van der Waals surface area contributed by atoms with Crippen molar-refractivity contribution < 1.29 is 9.47 Å². The fourth-order valence-corrected chi connectivity index (χ4v) is 6.93. The molecule has 0 saturated carbocycles. The largest absolute Gasteiger partial charge is 0.449 e. The van der Waals surface area contributed by atoms with Gasteiger partial charge in [0.1, 0.15) is 0 Å².